The molecule has 0 saturated heterocycles. The van der Waals surface area contributed by atoms with Crippen LogP contribution in [0.2, 0.25) is 0 Å². The van der Waals surface area contributed by atoms with Crippen LogP contribution in [-0.2, 0) is 5.41 Å². The highest BCUT2D eigenvalue weighted by Crippen LogP contribution is 2.56. The number of fused-ring (bicyclic) bond motifs is 8. The molecule has 2 heteroatoms. The third-order valence-corrected chi connectivity index (χ3v) is 12.1. The Labute approximate surface area is 332 Å². The number of rotatable bonds is 6. The predicted molar refractivity (Wildman–Crippen MR) is 240 cm³/mol. The molecule has 270 valence electrons. The Morgan fingerprint density at radius 2 is 1.00 bits per heavy atom. The van der Waals surface area contributed by atoms with Crippen LogP contribution in [0.4, 0.5) is 17.1 Å². The summed E-state index contributed by atoms with van der Waals surface area (Å²) in [5.74, 6) is 0. The third-order valence-electron chi connectivity index (χ3n) is 12.1. The van der Waals surface area contributed by atoms with Crippen LogP contribution in [0, 0.1) is 0 Å². The van der Waals surface area contributed by atoms with E-state index >= 15 is 0 Å². The Hall–Kier alpha value is -7.16. The van der Waals surface area contributed by atoms with E-state index in [1.165, 1.54) is 55.3 Å². The molecule has 9 aromatic carbocycles. The van der Waals surface area contributed by atoms with Gasteiger partial charge in [0.25, 0.3) is 0 Å². The average Bonchev–Trinajstić information content (AvgIpc) is 3.77. The lowest BCUT2D eigenvalue weighted by Gasteiger charge is -2.30. The Balaban J connectivity index is 1.12. The first kappa shape index (κ1) is 33.2. The summed E-state index contributed by atoms with van der Waals surface area (Å²) in [7, 11) is 0. The zero-order chi connectivity index (χ0) is 38.1. The third kappa shape index (κ3) is 5.18. The smallest absolute Gasteiger partial charge is 0.143 e. The molecule has 0 bridgehead atoms. The molecule has 0 atom stereocenters. The highest BCUT2D eigenvalue weighted by molar-refractivity contribution is 6.10. The quantitative estimate of drug-likeness (QED) is 0.169. The molecule has 0 spiro atoms. The van der Waals surface area contributed by atoms with Gasteiger partial charge in [-0.05, 0) is 80.0 Å². The zero-order valence-electron chi connectivity index (χ0n) is 31.9. The zero-order valence-corrected chi connectivity index (χ0v) is 31.9. The van der Waals surface area contributed by atoms with Gasteiger partial charge in [0.1, 0.15) is 11.2 Å². The van der Waals surface area contributed by atoms with E-state index in [1.54, 1.807) is 0 Å². The standard InChI is InChI=1S/C55H39NO/c1-55(2)48-26-15-24-45(52(48)47-35-32-37-18-6-7-20-41(37)53(47)55)43-21-9-12-28-50(43)56(49-27-11-8-19-40(49)36-16-4-3-5-17-36)39-33-30-38(31-34-39)42-23-14-25-46-44-22-10-13-29-51(44)57-54(42)46/h3-35H,1-2H3. The maximum absolute atomic E-state index is 6.47. The molecule has 0 radical (unpaired) electrons. The molecule has 0 N–H and O–H groups in total. The maximum Gasteiger partial charge on any atom is 0.143 e. The van der Waals surface area contributed by atoms with Crippen LogP contribution in [0.15, 0.2) is 205 Å². The Bertz CT molecular complexity index is 3150. The van der Waals surface area contributed by atoms with Gasteiger partial charge in [-0.15, -0.1) is 0 Å². The number of nitrogens with zero attached hydrogens (tertiary/aromatic N) is 1. The second kappa shape index (κ2) is 13.0. The molecular weight excluding hydrogens is 691 g/mol. The number of anilines is 3. The molecule has 1 heterocycles. The summed E-state index contributed by atoms with van der Waals surface area (Å²) in [6.45, 7) is 4.77. The van der Waals surface area contributed by atoms with Gasteiger partial charge in [0.2, 0.25) is 0 Å². The molecule has 0 unspecified atom stereocenters. The summed E-state index contributed by atoms with van der Waals surface area (Å²) in [6.07, 6.45) is 0. The fourth-order valence-electron chi connectivity index (χ4n) is 9.47. The normalized spacial score (nSPS) is 12.9. The molecule has 0 saturated carbocycles. The molecule has 1 aliphatic rings. The first-order valence-corrected chi connectivity index (χ1v) is 19.8. The van der Waals surface area contributed by atoms with Gasteiger partial charge in [-0.2, -0.15) is 0 Å². The van der Waals surface area contributed by atoms with Crippen molar-refractivity contribution in [2.24, 2.45) is 0 Å². The van der Waals surface area contributed by atoms with Crippen molar-refractivity contribution in [1.82, 2.24) is 0 Å². The van der Waals surface area contributed by atoms with E-state index in [0.717, 1.165) is 50.1 Å². The fourth-order valence-corrected chi connectivity index (χ4v) is 9.47. The number of para-hydroxylation sites is 4. The first-order chi connectivity index (χ1) is 28.1. The molecule has 1 aromatic heterocycles. The highest BCUT2D eigenvalue weighted by Gasteiger charge is 2.38. The number of benzene rings is 9. The van der Waals surface area contributed by atoms with Gasteiger partial charge in [-0.1, -0.05) is 184 Å². The van der Waals surface area contributed by atoms with Gasteiger partial charge in [0.05, 0.1) is 11.4 Å². The van der Waals surface area contributed by atoms with E-state index in [9.17, 15) is 0 Å². The van der Waals surface area contributed by atoms with Crippen molar-refractivity contribution in [2.75, 3.05) is 4.90 Å². The molecule has 0 aliphatic heterocycles. The van der Waals surface area contributed by atoms with E-state index in [1.807, 2.05) is 12.1 Å². The van der Waals surface area contributed by atoms with Crippen molar-refractivity contribution in [2.45, 2.75) is 19.3 Å². The molecule has 2 nitrogen and oxygen atoms in total. The minimum atomic E-state index is -0.158. The lowest BCUT2D eigenvalue weighted by molar-refractivity contribution is 0.666. The van der Waals surface area contributed by atoms with Crippen molar-refractivity contribution in [3.8, 4) is 44.5 Å². The van der Waals surface area contributed by atoms with E-state index in [2.05, 4.69) is 207 Å². The van der Waals surface area contributed by atoms with Crippen molar-refractivity contribution in [3.63, 3.8) is 0 Å². The number of hydrogen-bond donors (Lipinski definition) is 0. The van der Waals surface area contributed by atoms with Crippen molar-refractivity contribution in [3.05, 3.63) is 211 Å². The topological polar surface area (TPSA) is 16.4 Å². The Morgan fingerprint density at radius 3 is 1.82 bits per heavy atom. The summed E-state index contributed by atoms with van der Waals surface area (Å²) in [5.41, 5.74) is 17.3. The minimum Gasteiger partial charge on any atom is -0.455 e. The van der Waals surface area contributed by atoms with Crippen LogP contribution >= 0.6 is 0 Å². The van der Waals surface area contributed by atoms with Crippen LogP contribution in [0.5, 0.6) is 0 Å². The monoisotopic (exact) mass is 729 g/mol. The lowest BCUT2D eigenvalue weighted by Crippen LogP contribution is -2.15. The van der Waals surface area contributed by atoms with Gasteiger partial charge < -0.3 is 9.32 Å². The Kier molecular flexibility index (Phi) is 7.55. The van der Waals surface area contributed by atoms with Crippen LogP contribution in [-0.4, -0.2) is 0 Å². The van der Waals surface area contributed by atoms with Crippen molar-refractivity contribution < 1.29 is 4.42 Å². The second-order valence-electron chi connectivity index (χ2n) is 15.6. The molecule has 1 aliphatic carbocycles. The van der Waals surface area contributed by atoms with E-state index < -0.39 is 0 Å². The molecule has 0 fully saturated rings. The maximum atomic E-state index is 6.47. The van der Waals surface area contributed by atoms with E-state index in [-0.39, 0.29) is 5.41 Å². The molecular formula is C55H39NO. The van der Waals surface area contributed by atoms with E-state index in [0.29, 0.717) is 0 Å². The Morgan fingerprint density at radius 1 is 0.404 bits per heavy atom. The SMILES string of the molecule is CC1(C)c2cccc(-c3ccccc3N(c3ccc(-c4cccc5c4oc4ccccc45)cc3)c3ccccc3-c3ccccc3)c2-c2ccc3ccccc3c21. The van der Waals surface area contributed by atoms with Crippen LogP contribution in [0.25, 0.3) is 77.2 Å². The first-order valence-electron chi connectivity index (χ1n) is 19.8. The van der Waals surface area contributed by atoms with Gasteiger partial charge >= 0.3 is 0 Å². The molecule has 11 rings (SSSR count). The number of hydrogen-bond acceptors (Lipinski definition) is 2. The van der Waals surface area contributed by atoms with Crippen LogP contribution in [0.1, 0.15) is 25.0 Å². The van der Waals surface area contributed by atoms with Crippen LogP contribution < -0.4 is 4.90 Å². The average molecular weight is 730 g/mol. The largest absolute Gasteiger partial charge is 0.455 e. The molecule has 0 amide bonds. The summed E-state index contributed by atoms with van der Waals surface area (Å²) < 4.78 is 6.47. The van der Waals surface area contributed by atoms with Gasteiger partial charge in [0, 0.05) is 38.6 Å². The summed E-state index contributed by atoms with van der Waals surface area (Å²) >= 11 is 0. The van der Waals surface area contributed by atoms with Gasteiger partial charge in [0.15, 0.2) is 0 Å². The molecule has 10 aromatic rings. The van der Waals surface area contributed by atoms with Crippen molar-refractivity contribution in [1.29, 1.82) is 0 Å². The number of furan rings is 1. The highest BCUT2D eigenvalue weighted by atomic mass is 16.3. The summed E-state index contributed by atoms with van der Waals surface area (Å²) in [6, 6.07) is 72.5. The summed E-state index contributed by atoms with van der Waals surface area (Å²) in [4.78, 5) is 2.45. The summed E-state index contributed by atoms with van der Waals surface area (Å²) in [5, 5.41) is 4.88. The lowest BCUT2D eigenvalue weighted by atomic mass is 9.80. The minimum absolute atomic E-state index is 0.158. The van der Waals surface area contributed by atoms with Gasteiger partial charge in [-0.25, -0.2) is 0 Å². The predicted octanol–water partition coefficient (Wildman–Crippen LogP) is 15.5. The molecule has 57 heavy (non-hydrogen) atoms. The van der Waals surface area contributed by atoms with Gasteiger partial charge in [-0.3, -0.25) is 0 Å². The van der Waals surface area contributed by atoms with Crippen molar-refractivity contribution >= 4 is 49.8 Å². The fraction of sp³-hybridized carbons (Fsp3) is 0.0545. The van der Waals surface area contributed by atoms with Crippen LogP contribution in [0.3, 0.4) is 0 Å². The van der Waals surface area contributed by atoms with E-state index in [4.69, 9.17) is 4.42 Å². The second-order valence-corrected chi connectivity index (χ2v) is 15.6.